The maximum absolute atomic E-state index is 5.76. The number of nitrogen functional groups attached to an aromatic ring is 1. The Labute approximate surface area is 164 Å². The number of benzene rings is 3. The Morgan fingerprint density at radius 3 is 2.21 bits per heavy atom. The second-order valence-corrected chi connectivity index (χ2v) is 6.60. The number of aromatic nitrogens is 2. The van der Waals surface area contributed by atoms with Gasteiger partial charge >= 0.3 is 0 Å². The molecule has 5 heteroatoms. The number of fused-ring (bicyclic) bond motifs is 1. The molecule has 0 radical (unpaired) electrons. The standard InChI is InChI=1S/C23H21N5/c1-16(18-11-13-19(24)14-12-18)27-28-23-22(15-17-7-3-2-4-8-17)25-20-9-5-6-10-21(20)26-23/h2-14H,15,24H2,1H3,(H,26,28)/b27-16+. The lowest BCUT2D eigenvalue weighted by Crippen LogP contribution is -2.06. The summed E-state index contributed by atoms with van der Waals surface area (Å²) < 4.78 is 0. The second-order valence-electron chi connectivity index (χ2n) is 6.60. The summed E-state index contributed by atoms with van der Waals surface area (Å²) in [5, 5.41) is 4.53. The van der Waals surface area contributed by atoms with E-state index in [0.29, 0.717) is 12.2 Å². The summed E-state index contributed by atoms with van der Waals surface area (Å²) in [6.45, 7) is 1.95. The van der Waals surface area contributed by atoms with Crippen LogP contribution >= 0.6 is 0 Å². The van der Waals surface area contributed by atoms with Crippen molar-refractivity contribution in [2.45, 2.75) is 13.3 Å². The molecule has 4 aromatic rings. The lowest BCUT2D eigenvalue weighted by molar-refractivity contribution is 1.05. The van der Waals surface area contributed by atoms with Gasteiger partial charge in [0.05, 0.1) is 22.4 Å². The molecule has 0 aliphatic carbocycles. The molecule has 0 fully saturated rings. The summed E-state index contributed by atoms with van der Waals surface area (Å²) in [5.41, 5.74) is 15.2. The van der Waals surface area contributed by atoms with Crippen molar-refractivity contribution >= 4 is 28.3 Å². The fraction of sp³-hybridized carbons (Fsp3) is 0.0870. The Balaban J connectivity index is 1.68. The highest BCUT2D eigenvalue weighted by Crippen LogP contribution is 2.20. The molecule has 0 atom stereocenters. The van der Waals surface area contributed by atoms with Gasteiger partial charge < -0.3 is 5.73 Å². The van der Waals surface area contributed by atoms with Crippen molar-refractivity contribution in [2.24, 2.45) is 5.10 Å². The molecule has 1 aromatic heterocycles. The van der Waals surface area contributed by atoms with Crippen LogP contribution in [0.3, 0.4) is 0 Å². The summed E-state index contributed by atoms with van der Waals surface area (Å²) in [6, 6.07) is 25.7. The molecule has 28 heavy (non-hydrogen) atoms. The van der Waals surface area contributed by atoms with Crippen LogP contribution in [0.15, 0.2) is 84.0 Å². The Kier molecular flexibility index (Phi) is 4.97. The van der Waals surface area contributed by atoms with Gasteiger partial charge in [0.15, 0.2) is 5.82 Å². The van der Waals surface area contributed by atoms with Crippen molar-refractivity contribution in [3.63, 3.8) is 0 Å². The van der Waals surface area contributed by atoms with Crippen LogP contribution in [0.5, 0.6) is 0 Å². The first-order chi connectivity index (χ1) is 13.7. The molecular formula is C23H21N5. The molecule has 0 aliphatic rings. The maximum atomic E-state index is 5.76. The first-order valence-corrected chi connectivity index (χ1v) is 9.15. The molecule has 0 spiro atoms. The van der Waals surface area contributed by atoms with Crippen molar-refractivity contribution in [1.29, 1.82) is 0 Å². The fourth-order valence-corrected chi connectivity index (χ4v) is 2.96. The van der Waals surface area contributed by atoms with E-state index in [1.165, 1.54) is 5.56 Å². The maximum Gasteiger partial charge on any atom is 0.169 e. The molecule has 5 nitrogen and oxygen atoms in total. The number of rotatable bonds is 5. The van der Waals surface area contributed by atoms with E-state index >= 15 is 0 Å². The Bertz CT molecular complexity index is 1120. The first-order valence-electron chi connectivity index (χ1n) is 9.15. The number of nitrogens with two attached hydrogens (primary N) is 1. The van der Waals surface area contributed by atoms with Crippen LogP contribution in [-0.4, -0.2) is 15.7 Å². The molecule has 0 saturated heterocycles. The Morgan fingerprint density at radius 2 is 1.50 bits per heavy atom. The average molecular weight is 367 g/mol. The number of anilines is 2. The van der Waals surface area contributed by atoms with E-state index < -0.39 is 0 Å². The van der Waals surface area contributed by atoms with Crippen molar-refractivity contribution in [3.05, 3.63) is 95.7 Å². The van der Waals surface area contributed by atoms with E-state index in [9.17, 15) is 0 Å². The van der Waals surface area contributed by atoms with Gasteiger partial charge in [0.25, 0.3) is 0 Å². The van der Waals surface area contributed by atoms with Gasteiger partial charge in [-0.2, -0.15) is 5.10 Å². The predicted molar refractivity (Wildman–Crippen MR) is 115 cm³/mol. The predicted octanol–water partition coefficient (Wildman–Crippen LogP) is 4.64. The Hall–Kier alpha value is -3.73. The van der Waals surface area contributed by atoms with Crippen LogP contribution in [-0.2, 0) is 6.42 Å². The SMILES string of the molecule is C/C(=N\Nc1nc2ccccc2nc1Cc1ccccc1)c1ccc(N)cc1. The van der Waals surface area contributed by atoms with Gasteiger partial charge in [0.1, 0.15) is 0 Å². The van der Waals surface area contributed by atoms with Crippen LogP contribution in [0.25, 0.3) is 11.0 Å². The van der Waals surface area contributed by atoms with Crippen molar-refractivity contribution in [2.75, 3.05) is 11.2 Å². The van der Waals surface area contributed by atoms with E-state index in [2.05, 4.69) is 22.7 Å². The van der Waals surface area contributed by atoms with Crippen LogP contribution in [0, 0.1) is 0 Å². The molecule has 3 aromatic carbocycles. The van der Waals surface area contributed by atoms with E-state index in [-0.39, 0.29) is 0 Å². The highest BCUT2D eigenvalue weighted by Gasteiger charge is 2.10. The molecule has 0 amide bonds. The summed E-state index contributed by atoms with van der Waals surface area (Å²) in [6.07, 6.45) is 0.678. The third-order valence-corrected chi connectivity index (χ3v) is 4.52. The van der Waals surface area contributed by atoms with Crippen molar-refractivity contribution in [1.82, 2.24) is 9.97 Å². The first kappa shape index (κ1) is 17.7. The van der Waals surface area contributed by atoms with Gasteiger partial charge in [-0.05, 0) is 42.3 Å². The zero-order valence-electron chi connectivity index (χ0n) is 15.6. The summed E-state index contributed by atoms with van der Waals surface area (Å²) in [4.78, 5) is 9.57. The lowest BCUT2D eigenvalue weighted by Gasteiger charge is -2.10. The van der Waals surface area contributed by atoms with Crippen molar-refractivity contribution in [3.8, 4) is 0 Å². The molecule has 138 valence electrons. The minimum Gasteiger partial charge on any atom is -0.399 e. The summed E-state index contributed by atoms with van der Waals surface area (Å²) >= 11 is 0. The number of nitrogens with zero attached hydrogens (tertiary/aromatic N) is 3. The number of hydrazone groups is 1. The van der Waals surface area contributed by atoms with Gasteiger partial charge in [-0.3, -0.25) is 5.43 Å². The normalized spacial score (nSPS) is 11.5. The van der Waals surface area contributed by atoms with E-state index in [0.717, 1.165) is 33.7 Å². The van der Waals surface area contributed by atoms with E-state index in [1.54, 1.807) is 0 Å². The molecule has 0 unspecified atom stereocenters. The minimum absolute atomic E-state index is 0.664. The lowest BCUT2D eigenvalue weighted by atomic mass is 10.1. The summed E-state index contributed by atoms with van der Waals surface area (Å²) in [5.74, 6) is 0.664. The summed E-state index contributed by atoms with van der Waals surface area (Å²) in [7, 11) is 0. The van der Waals surface area contributed by atoms with Gasteiger partial charge in [-0.15, -0.1) is 0 Å². The second kappa shape index (κ2) is 7.88. The molecule has 3 N–H and O–H groups in total. The molecule has 1 heterocycles. The van der Waals surface area contributed by atoms with Crippen LogP contribution in [0.4, 0.5) is 11.5 Å². The van der Waals surface area contributed by atoms with Gasteiger partial charge in [-0.1, -0.05) is 54.6 Å². The largest absolute Gasteiger partial charge is 0.399 e. The monoisotopic (exact) mass is 367 g/mol. The number of hydrogen-bond donors (Lipinski definition) is 2. The highest BCUT2D eigenvalue weighted by atomic mass is 15.3. The van der Waals surface area contributed by atoms with E-state index in [1.807, 2.05) is 73.7 Å². The average Bonchev–Trinajstić information content (AvgIpc) is 2.73. The molecule has 0 aliphatic heterocycles. The molecule has 0 saturated carbocycles. The highest BCUT2D eigenvalue weighted by molar-refractivity contribution is 5.99. The zero-order valence-corrected chi connectivity index (χ0v) is 15.6. The van der Waals surface area contributed by atoms with Crippen LogP contribution < -0.4 is 11.2 Å². The van der Waals surface area contributed by atoms with Gasteiger partial charge in [0, 0.05) is 12.1 Å². The quantitative estimate of drug-likeness (QED) is 0.306. The van der Waals surface area contributed by atoms with Gasteiger partial charge in [-0.25, -0.2) is 9.97 Å². The molecule has 4 rings (SSSR count). The number of nitrogens with one attached hydrogen (secondary N) is 1. The van der Waals surface area contributed by atoms with Crippen molar-refractivity contribution < 1.29 is 0 Å². The van der Waals surface area contributed by atoms with Gasteiger partial charge in [0.2, 0.25) is 0 Å². The van der Waals surface area contributed by atoms with Crippen LogP contribution in [0.1, 0.15) is 23.7 Å². The topological polar surface area (TPSA) is 76.2 Å². The molecular weight excluding hydrogens is 346 g/mol. The minimum atomic E-state index is 0.664. The zero-order chi connectivity index (χ0) is 19.3. The van der Waals surface area contributed by atoms with Crippen LogP contribution in [0.2, 0.25) is 0 Å². The third kappa shape index (κ3) is 3.99. The smallest absolute Gasteiger partial charge is 0.169 e. The van der Waals surface area contributed by atoms with E-state index in [4.69, 9.17) is 15.7 Å². The number of para-hydroxylation sites is 2. The third-order valence-electron chi connectivity index (χ3n) is 4.52. The number of hydrogen-bond acceptors (Lipinski definition) is 5. The Morgan fingerprint density at radius 1 is 0.857 bits per heavy atom. The fourth-order valence-electron chi connectivity index (χ4n) is 2.96. The molecule has 0 bridgehead atoms.